The molecule has 19 heavy (non-hydrogen) atoms. The maximum atomic E-state index is 12.6. The fourth-order valence-corrected chi connectivity index (χ4v) is 2.40. The van der Waals surface area contributed by atoms with Gasteiger partial charge in [-0.25, -0.2) is 0 Å². The summed E-state index contributed by atoms with van der Waals surface area (Å²) in [6.45, 7) is 2.26. The van der Waals surface area contributed by atoms with Gasteiger partial charge in [-0.2, -0.15) is 13.2 Å². The Labute approximate surface area is 112 Å². The Morgan fingerprint density at radius 1 is 1.26 bits per heavy atom. The van der Waals surface area contributed by atoms with Crippen LogP contribution in [0.4, 0.5) is 13.2 Å². The first-order chi connectivity index (χ1) is 8.94. The minimum absolute atomic E-state index is 0.230. The van der Waals surface area contributed by atoms with E-state index in [1.54, 1.807) is 0 Å². The number of hydrogen-bond donors (Lipinski definition) is 1. The molecule has 0 saturated carbocycles. The van der Waals surface area contributed by atoms with E-state index in [-0.39, 0.29) is 18.4 Å². The quantitative estimate of drug-likeness (QED) is 0.759. The molecule has 0 aromatic carbocycles. The highest BCUT2D eigenvalue weighted by Crippen LogP contribution is 2.22. The van der Waals surface area contributed by atoms with Crippen LogP contribution in [0.3, 0.4) is 0 Å². The van der Waals surface area contributed by atoms with Gasteiger partial charge in [-0.3, -0.25) is 4.79 Å². The van der Waals surface area contributed by atoms with Gasteiger partial charge in [-0.1, -0.05) is 19.8 Å². The van der Waals surface area contributed by atoms with E-state index < -0.39 is 12.7 Å². The molecule has 1 heterocycles. The van der Waals surface area contributed by atoms with E-state index in [2.05, 4.69) is 5.32 Å². The molecule has 0 spiro atoms. The van der Waals surface area contributed by atoms with E-state index in [1.165, 1.54) is 0 Å². The fraction of sp³-hybridized carbons (Fsp3) is 0.923. The summed E-state index contributed by atoms with van der Waals surface area (Å²) in [6, 6.07) is -0.267. The zero-order valence-corrected chi connectivity index (χ0v) is 11.4. The summed E-state index contributed by atoms with van der Waals surface area (Å²) in [4.78, 5) is 13.1. The zero-order chi connectivity index (χ0) is 14.3. The summed E-state index contributed by atoms with van der Waals surface area (Å²) < 4.78 is 37.8. The maximum Gasteiger partial charge on any atom is 0.406 e. The summed E-state index contributed by atoms with van der Waals surface area (Å²) in [5.74, 6) is -0.349. The highest BCUT2D eigenvalue weighted by Gasteiger charge is 2.36. The third-order valence-electron chi connectivity index (χ3n) is 3.41. The van der Waals surface area contributed by atoms with E-state index >= 15 is 0 Å². The minimum atomic E-state index is -4.31. The SMILES string of the molecule is CCCCCC(=O)N(CC(F)(F)F)C1CCNCC1. The number of alkyl halides is 3. The van der Waals surface area contributed by atoms with Crippen LogP contribution in [0, 0.1) is 0 Å². The second-order valence-electron chi connectivity index (χ2n) is 5.08. The Balaban J connectivity index is 2.59. The smallest absolute Gasteiger partial charge is 0.331 e. The lowest BCUT2D eigenvalue weighted by Gasteiger charge is -2.35. The van der Waals surface area contributed by atoms with E-state index in [1.807, 2.05) is 6.92 Å². The number of piperidine rings is 1. The van der Waals surface area contributed by atoms with Crippen molar-refractivity contribution in [2.24, 2.45) is 0 Å². The maximum absolute atomic E-state index is 12.6. The van der Waals surface area contributed by atoms with Crippen LogP contribution in [0.25, 0.3) is 0 Å². The van der Waals surface area contributed by atoms with Gasteiger partial charge >= 0.3 is 6.18 Å². The number of amides is 1. The number of nitrogens with one attached hydrogen (secondary N) is 1. The number of carbonyl (C=O) groups is 1. The molecule has 0 aromatic heterocycles. The predicted octanol–water partition coefficient (Wildman–Crippen LogP) is 2.71. The third-order valence-corrected chi connectivity index (χ3v) is 3.41. The molecule has 1 fully saturated rings. The van der Waals surface area contributed by atoms with Crippen molar-refractivity contribution in [2.75, 3.05) is 19.6 Å². The molecule has 0 unspecified atom stereocenters. The van der Waals surface area contributed by atoms with E-state index in [4.69, 9.17) is 0 Å². The molecule has 1 rings (SSSR count). The number of carbonyl (C=O) groups excluding carboxylic acids is 1. The standard InChI is InChI=1S/C13H23F3N2O/c1-2-3-4-5-12(19)18(10-13(14,15)16)11-6-8-17-9-7-11/h11,17H,2-10H2,1H3. The average molecular weight is 280 g/mol. The number of hydrogen-bond acceptors (Lipinski definition) is 2. The average Bonchev–Trinajstić information content (AvgIpc) is 2.36. The zero-order valence-electron chi connectivity index (χ0n) is 11.4. The van der Waals surface area contributed by atoms with Crippen molar-refractivity contribution in [3.63, 3.8) is 0 Å². The van der Waals surface area contributed by atoms with Crippen LogP contribution in [0.2, 0.25) is 0 Å². The summed E-state index contributed by atoms with van der Waals surface area (Å²) in [5.41, 5.74) is 0. The van der Waals surface area contributed by atoms with Crippen molar-refractivity contribution in [3.05, 3.63) is 0 Å². The molecule has 0 atom stereocenters. The van der Waals surface area contributed by atoms with E-state index in [0.29, 0.717) is 32.4 Å². The van der Waals surface area contributed by atoms with Crippen LogP contribution in [0.5, 0.6) is 0 Å². The van der Waals surface area contributed by atoms with Crippen LogP contribution in [-0.4, -0.2) is 42.7 Å². The monoisotopic (exact) mass is 280 g/mol. The van der Waals surface area contributed by atoms with Crippen molar-refractivity contribution in [1.82, 2.24) is 10.2 Å². The van der Waals surface area contributed by atoms with E-state index in [9.17, 15) is 18.0 Å². The van der Waals surface area contributed by atoms with Gasteiger partial charge in [0, 0.05) is 12.5 Å². The first kappa shape index (κ1) is 16.3. The molecule has 1 saturated heterocycles. The van der Waals surface area contributed by atoms with Gasteiger partial charge in [-0.15, -0.1) is 0 Å². The summed E-state index contributed by atoms with van der Waals surface area (Å²) in [7, 11) is 0. The molecular weight excluding hydrogens is 257 g/mol. The van der Waals surface area contributed by atoms with Crippen LogP contribution >= 0.6 is 0 Å². The van der Waals surface area contributed by atoms with Crippen molar-refractivity contribution in [1.29, 1.82) is 0 Å². The minimum Gasteiger partial charge on any atom is -0.331 e. The Morgan fingerprint density at radius 2 is 1.89 bits per heavy atom. The van der Waals surface area contributed by atoms with Crippen molar-refractivity contribution in [3.8, 4) is 0 Å². The normalized spacial score (nSPS) is 17.5. The third kappa shape index (κ3) is 6.27. The van der Waals surface area contributed by atoms with Gasteiger partial charge in [0.25, 0.3) is 0 Å². The lowest BCUT2D eigenvalue weighted by molar-refractivity contribution is -0.166. The number of rotatable bonds is 6. The Bertz CT molecular complexity index is 276. The molecule has 3 nitrogen and oxygen atoms in total. The molecular formula is C13H23F3N2O. The molecule has 0 aliphatic carbocycles. The molecule has 112 valence electrons. The molecule has 1 N–H and O–H groups in total. The van der Waals surface area contributed by atoms with Crippen molar-refractivity contribution in [2.45, 2.75) is 57.7 Å². The lowest BCUT2D eigenvalue weighted by Crippen LogP contribution is -2.49. The van der Waals surface area contributed by atoms with Gasteiger partial charge < -0.3 is 10.2 Å². The largest absolute Gasteiger partial charge is 0.406 e. The van der Waals surface area contributed by atoms with Gasteiger partial charge in [0.05, 0.1) is 0 Å². The Morgan fingerprint density at radius 3 is 2.42 bits per heavy atom. The van der Waals surface area contributed by atoms with Crippen LogP contribution in [0.15, 0.2) is 0 Å². The molecule has 0 bridgehead atoms. The lowest BCUT2D eigenvalue weighted by atomic mass is 10.0. The summed E-state index contributed by atoms with van der Waals surface area (Å²) in [6.07, 6.45) is -0.350. The van der Waals surface area contributed by atoms with Gasteiger partial charge in [0.2, 0.25) is 5.91 Å². The van der Waals surface area contributed by atoms with Crippen molar-refractivity contribution < 1.29 is 18.0 Å². The van der Waals surface area contributed by atoms with Crippen LogP contribution in [-0.2, 0) is 4.79 Å². The van der Waals surface area contributed by atoms with E-state index in [0.717, 1.165) is 17.7 Å². The molecule has 0 aromatic rings. The fourth-order valence-electron chi connectivity index (χ4n) is 2.40. The Kier molecular flexibility index (Phi) is 6.62. The highest BCUT2D eigenvalue weighted by atomic mass is 19.4. The first-order valence-electron chi connectivity index (χ1n) is 7.01. The van der Waals surface area contributed by atoms with Crippen molar-refractivity contribution >= 4 is 5.91 Å². The second-order valence-corrected chi connectivity index (χ2v) is 5.08. The first-order valence-corrected chi connectivity index (χ1v) is 7.01. The number of halogens is 3. The number of unbranched alkanes of at least 4 members (excludes halogenated alkanes) is 2. The Hall–Kier alpha value is -0.780. The van der Waals surface area contributed by atoms with Crippen LogP contribution in [0.1, 0.15) is 45.4 Å². The molecule has 1 amide bonds. The van der Waals surface area contributed by atoms with Gasteiger partial charge in [-0.05, 0) is 32.4 Å². The molecule has 1 aliphatic heterocycles. The summed E-state index contributed by atoms with van der Waals surface area (Å²) >= 11 is 0. The molecule has 1 aliphatic rings. The molecule has 0 radical (unpaired) electrons. The molecule has 6 heteroatoms. The predicted molar refractivity (Wildman–Crippen MR) is 67.8 cm³/mol. The van der Waals surface area contributed by atoms with Crippen LogP contribution < -0.4 is 5.32 Å². The van der Waals surface area contributed by atoms with Gasteiger partial charge in [0.15, 0.2) is 0 Å². The topological polar surface area (TPSA) is 32.3 Å². The summed E-state index contributed by atoms with van der Waals surface area (Å²) in [5, 5.41) is 3.10. The second kappa shape index (κ2) is 7.72. The van der Waals surface area contributed by atoms with Gasteiger partial charge in [0.1, 0.15) is 6.54 Å². The highest BCUT2D eigenvalue weighted by molar-refractivity contribution is 5.76. The number of nitrogens with zero attached hydrogens (tertiary/aromatic N) is 1.